The highest BCUT2D eigenvalue weighted by Gasteiger charge is 2.50. The van der Waals surface area contributed by atoms with E-state index in [1.807, 2.05) is 0 Å². The van der Waals surface area contributed by atoms with E-state index in [0.717, 1.165) is 0 Å². The summed E-state index contributed by atoms with van der Waals surface area (Å²) in [5.41, 5.74) is -0.820. The number of alkyl halides is 1. The maximum absolute atomic E-state index is 17.0. The normalized spacial score (nSPS) is 28.0. The lowest BCUT2D eigenvalue weighted by atomic mass is 9.64. The summed E-state index contributed by atoms with van der Waals surface area (Å²) in [6.45, 7) is 0. The van der Waals surface area contributed by atoms with Gasteiger partial charge >= 0.3 is 0 Å². The average molecular weight is 323 g/mol. The second-order valence-electron chi connectivity index (χ2n) is 8.89. The minimum absolute atomic E-state index is 0.385. The minimum atomic E-state index is -0.820. The monoisotopic (exact) mass is 322 g/mol. The van der Waals surface area contributed by atoms with E-state index in [-0.39, 0.29) is 0 Å². The molecule has 0 amide bonds. The van der Waals surface area contributed by atoms with Crippen LogP contribution in [0.15, 0.2) is 0 Å². The highest BCUT2D eigenvalue weighted by atomic mass is 19.1. The van der Waals surface area contributed by atoms with Crippen LogP contribution in [0.3, 0.4) is 0 Å². The SMILES string of the molecule is FC(C1CCCCCC1)(C1CCCCCC1)C1CCCCCC1. The molecule has 1 heteroatoms. The Morgan fingerprint density at radius 3 is 0.826 bits per heavy atom. The Morgan fingerprint density at radius 1 is 0.391 bits per heavy atom. The number of halogens is 1. The van der Waals surface area contributed by atoms with Gasteiger partial charge in [-0.15, -0.1) is 0 Å². The van der Waals surface area contributed by atoms with Crippen LogP contribution in [-0.2, 0) is 0 Å². The number of rotatable bonds is 3. The fourth-order valence-corrected chi connectivity index (χ4v) is 6.17. The fraction of sp³-hybridized carbons (Fsp3) is 1.00. The minimum Gasteiger partial charge on any atom is -0.243 e. The van der Waals surface area contributed by atoms with Crippen molar-refractivity contribution in [2.24, 2.45) is 17.8 Å². The molecule has 23 heavy (non-hydrogen) atoms. The molecule has 3 aliphatic rings. The molecule has 3 rings (SSSR count). The van der Waals surface area contributed by atoms with Gasteiger partial charge in [-0.1, -0.05) is 77.0 Å². The number of hydrogen-bond donors (Lipinski definition) is 0. The summed E-state index contributed by atoms with van der Waals surface area (Å²) < 4.78 is 17.0. The van der Waals surface area contributed by atoms with Gasteiger partial charge in [0, 0.05) is 0 Å². The molecule has 0 nitrogen and oxygen atoms in total. The first-order valence-electron chi connectivity index (χ1n) is 11.0. The predicted octanol–water partition coefficient (Wildman–Crippen LogP) is 7.61. The molecule has 0 unspecified atom stereocenters. The summed E-state index contributed by atoms with van der Waals surface area (Å²) in [5.74, 6) is 1.16. The van der Waals surface area contributed by atoms with Crippen LogP contribution in [0.25, 0.3) is 0 Å². The van der Waals surface area contributed by atoms with Crippen molar-refractivity contribution in [3.8, 4) is 0 Å². The van der Waals surface area contributed by atoms with Gasteiger partial charge in [-0.25, -0.2) is 4.39 Å². The fourth-order valence-electron chi connectivity index (χ4n) is 6.17. The van der Waals surface area contributed by atoms with Crippen molar-refractivity contribution in [3.63, 3.8) is 0 Å². The van der Waals surface area contributed by atoms with Crippen molar-refractivity contribution in [1.82, 2.24) is 0 Å². The molecule has 0 atom stereocenters. The van der Waals surface area contributed by atoms with Gasteiger partial charge in [-0.05, 0) is 56.3 Å². The van der Waals surface area contributed by atoms with Crippen molar-refractivity contribution < 1.29 is 4.39 Å². The summed E-state index contributed by atoms with van der Waals surface area (Å²) in [7, 11) is 0. The summed E-state index contributed by atoms with van der Waals surface area (Å²) in [5, 5.41) is 0. The molecule has 0 aliphatic heterocycles. The van der Waals surface area contributed by atoms with Crippen LogP contribution in [0.2, 0.25) is 0 Å². The largest absolute Gasteiger partial charge is 0.243 e. The van der Waals surface area contributed by atoms with Crippen molar-refractivity contribution in [2.45, 2.75) is 121 Å². The summed E-state index contributed by atoms with van der Waals surface area (Å²) >= 11 is 0. The first-order chi connectivity index (χ1) is 11.3. The standard InChI is InChI=1S/C22H39F/c23-22(19-13-7-1-2-8-14-19,20-15-9-3-4-10-16-20)21-17-11-5-6-12-18-21/h19-21H,1-18H2. The van der Waals surface area contributed by atoms with Gasteiger partial charge in [-0.3, -0.25) is 0 Å². The lowest BCUT2D eigenvalue weighted by Gasteiger charge is -2.45. The molecule has 0 heterocycles. The predicted molar refractivity (Wildman–Crippen MR) is 97.4 cm³/mol. The third-order valence-electron chi connectivity index (χ3n) is 7.44. The third kappa shape index (κ3) is 4.31. The molecule has 3 fully saturated rings. The second-order valence-corrected chi connectivity index (χ2v) is 8.89. The summed E-state index contributed by atoms with van der Waals surface area (Å²) in [6.07, 6.45) is 22.9. The van der Waals surface area contributed by atoms with Crippen molar-refractivity contribution in [1.29, 1.82) is 0 Å². The first kappa shape index (κ1) is 17.7. The van der Waals surface area contributed by atoms with E-state index in [1.54, 1.807) is 0 Å². The Kier molecular flexibility index (Phi) is 6.83. The zero-order chi connectivity index (χ0) is 16.0. The number of hydrogen-bond acceptors (Lipinski definition) is 0. The van der Waals surface area contributed by atoms with Gasteiger partial charge in [0.2, 0.25) is 0 Å². The highest BCUT2D eigenvalue weighted by Crippen LogP contribution is 2.51. The molecular formula is C22H39F. The first-order valence-corrected chi connectivity index (χ1v) is 11.0. The molecular weight excluding hydrogens is 283 g/mol. The lowest BCUT2D eigenvalue weighted by Crippen LogP contribution is -2.47. The maximum Gasteiger partial charge on any atom is 0.119 e. The van der Waals surface area contributed by atoms with Gasteiger partial charge in [0.05, 0.1) is 0 Å². The van der Waals surface area contributed by atoms with Crippen LogP contribution < -0.4 is 0 Å². The van der Waals surface area contributed by atoms with E-state index in [0.29, 0.717) is 17.8 Å². The molecule has 0 saturated heterocycles. The summed E-state index contributed by atoms with van der Waals surface area (Å²) in [6, 6.07) is 0. The maximum atomic E-state index is 17.0. The van der Waals surface area contributed by atoms with Crippen LogP contribution in [0.1, 0.15) is 116 Å². The molecule has 0 aromatic heterocycles. The third-order valence-corrected chi connectivity index (χ3v) is 7.44. The average Bonchev–Trinajstić information content (AvgIpc) is 3.10. The van der Waals surface area contributed by atoms with Gasteiger partial charge in [-0.2, -0.15) is 0 Å². The molecule has 0 aromatic carbocycles. The van der Waals surface area contributed by atoms with Crippen LogP contribution >= 0.6 is 0 Å². The van der Waals surface area contributed by atoms with E-state index < -0.39 is 5.67 Å². The molecule has 0 N–H and O–H groups in total. The van der Waals surface area contributed by atoms with Crippen LogP contribution in [0, 0.1) is 17.8 Å². The van der Waals surface area contributed by atoms with E-state index in [9.17, 15) is 0 Å². The molecule has 134 valence electrons. The molecule has 3 saturated carbocycles. The van der Waals surface area contributed by atoms with Gasteiger partial charge < -0.3 is 0 Å². The highest BCUT2D eigenvalue weighted by molar-refractivity contribution is 4.99. The van der Waals surface area contributed by atoms with E-state index >= 15 is 4.39 Å². The van der Waals surface area contributed by atoms with E-state index in [2.05, 4.69) is 0 Å². The van der Waals surface area contributed by atoms with Crippen molar-refractivity contribution in [2.75, 3.05) is 0 Å². The van der Waals surface area contributed by atoms with Crippen molar-refractivity contribution in [3.05, 3.63) is 0 Å². The molecule has 3 aliphatic carbocycles. The molecule has 0 spiro atoms. The molecule has 0 bridgehead atoms. The topological polar surface area (TPSA) is 0 Å². The second kappa shape index (κ2) is 8.86. The quantitative estimate of drug-likeness (QED) is 0.469. The zero-order valence-electron chi connectivity index (χ0n) is 15.3. The van der Waals surface area contributed by atoms with Gasteiger partial charge in [0.25, 0.3) is 0 Å². The van der Waals surface area contributed by atoms with Crippen LogP contribution in [0.5, 0.6) is 0 Å². The molecule has 0 aromatic rings. The van der Waals surface area contributed by atoms with Crippen LogP contribution in [0.4, 0.5) is 4.39 Å². The van der Waals surface area contributed by atoms with Crippen molar-refractivity contribution >= 4 is 0 Å². The Morgan fingerprint density at radius 2 is 0.609 bits per heavy atom. The molecule has 0 radical (unpaired) electrons. The smallest absolute Gasteiger partial charge is 0.119 e. The van der Waals surface area contributed by atoms with Gasteiger partial charge in [0.15, 0.2) is 0 Å². The Bertz CT molecular complexity index is 263. The zero-order valence-corrected chi connectivity index (χ0v) is 15.3. The van der Waals surface area contributed by atoms with Crippen LogP contribution in [-0.4, -0.2) is 5.67 Å². The Hall–Kier alpha value is -0.0700. The van der Waals surface area contributed by atoms with Gasteiger partial charge in [0.1, 0.15) is 5.67 Å². The van der Waals surface area contributed by atoms with E-state index in [4.69, 9.17) is 0 Å². The Balaban J connectivity index is 1.82. The van der Waals surface area contributed by atoms with E-state index in [1.165, 1.54) is 116 Å². The lowest BCUT2D eigenvalue weighted by molar-refractivity contribution is -0.0582. The Labute approximate surface area is 144 Å². The summed E-state index contributed by atoms with van der Waals surface area (Å²) in [4.78, 5) is 0.